The molecule has 7 heteroatoms. The molecule has 1 saturated heterocycles. The molecule has 1 N–H and O–H groups in total. The zero-order valence-electron chi connectivity index (χ0n) is 15.1. The summed E-state index contributed by atoms with van der Waals surface area (Å²) in [6.07, 6.45) is 0. The van der Waals surface area contributed by atoms with Crippen LogP contribution in [0.3, 0.4) is 0 Å². The molecule has 0 bridgehead atoms. The van der Waals surface area contributed by atoms with Gasteiger partial charge in [-0.3, -0.25) is 0 Å². The topological polar surface area (TPSA) is 33.7 Å². The van der Waals surface area contributed by atoms with Crippen LogP contribution in [0.25, 0.3) is 0 Å². The summed E-state index contributed by atoms with van der Waals surface area (Å²) in [5, 5.41) is 4.71. The molecule has 0 spiro atoms. The third-order valence-electron chi connectivity index (χ3n) is 3.98. The van der Waals surface area contributed by atoms with Crippen LogP contribution in [0.1, 0.15) is 6.92 Å². The number of hydrogen-bond acceptors (Lipinski definition) is 4. The van der Waals surface area contributed by atoms with E-state index in [1.54, 1.807) is 20.3 Å². The monoisotopic (exact) mass is 460 g/mol. The molecule has 1 atom stereocenters. The maximum absolute atomic E-state index is 6.01. The van der Waals surface area contributed by atoms with Gasteiger partial charge in [0.2, 0.25) is 0 Å². The molecule has 26 heavy (non-hydrogen) atoms. The van der Waals surface area contributed by atoms with Gasteiger partial charge in [0.1, 0.15) is 11.5 Å². The quantitative estimate of drug-likeness (QED) is 0.675. The lowest BCUT2D eigenvalue weighted by Gasteiger charge is -2.33. The predicted octanol–water partition coefficient (Wildman–Crippen LogP) is 5.26. The number of anilines is 1. The van der Waals surface area contributed by atoms with Crippen molar-refractivity contribution in [1.29, 1.82) is 0 Å². The fourth-order valence-electron chi connectivity index (χ4n) is 2.65. The maximum Gasteiger partial charge on any atom is 0.139 e. The number of piperazine rings is 1. The summed E-state index contributed by atoms with van der Waals surface area (Å²) in [7, 11) is 3.24. The Labute approximate surface area is 173 Å². The minimum Gasteiger partial charge on any atom is -0.495 e. The molecule has 0 amide bonds. The Hall–Kier alpha value is -1.14. The van der Waals surface area contributed by atoms with Crippen LogP contribution in [-0.2, 0) is 0 Å². The molecular weight excluding hydrogens is 439 g/mol. The minimum absolute atomic E-state index is 0.524. The molecule has 0 saturated carbocycles. The van der Waals surface area contributed by atoms with Crippen LogP contribution in [0.2, 0.25) is 10.0 Å². The molecule has 1 fully saturated rings. The second-order valence-corrected chi connectivity index (χ2v) is 7.63. The Bertz CT molecular complexity index is 731. The highest BCUT2D eigenvalue weighted by molar-refractivity contribution is 9.10. The molecule has 3 rings (SSSR count). The molecule has 1 aliphatic heterocycles. The molecule has 1 aliphatic rings. The van der Waals surface area contributed by atoms with Gasteiger partial charge < -0.3 is 19.7 Å². The summed E-state index contributed by atoms with van der Waals surface area (Å²) < 4.78 is 11.2. The van der Waals surface area contributed by atoms with Crippen molar-refractivity contribution in [3.05, 3.63) is 50.9 Å². The number of nitrogens with zero attached hydrogens (tertiary/aromatic N) is 1. The minimum atomic E-state index is 0.524. The number of hydrogen-bond donors (Lipinski definition) is 1. The largest absolute Gasteiger partial charge is 0.495 e. The molecular formula is C19H23BrCl2N2O2. The predicted molar refractivity (Wildman–Crippen MR) is 113 cm³/mol. The lowest BCUT2D eigenvalue weighted by molar-refractivity contribution is 0.414. The van der Waals surface area contributed by atoms with E-state index < -0.39 is 0 Å². The number of ether oxygens (including phenoxy) is 2. The third-order valence-corrected chi connectivity index (χ3v) is 5.10. The van der Waals surface area contributed by atoms with Crippen molar-refractivity contribution in [3.63, 3.8) is 0 Å². The number of methoxy groups -OCH3 is 2. The molecule has 1 heterocycles. The molecule has 2 aromatic carbocycles. The van der Waals surface area contributed by atoms with E-state index in [4.69, 9.17) is 32.7 Å². The molecule has 0 unspecified atom stereocenters. The first-order valence-corrected chi connectivity index (χ1v) is 9.80. The Kier molecular flexibility index (Phi) is 8.35. The number of nitrogens with one attached hydrogen (secondary N) is 1. The Morgan fingerprint density at radius 2 is 1.65 bits per heavy atom. The maximum atomic E-state index is 6.01. The first-order chi connectivity index (χ1) is 12.4. The Morgan fingerprint density at radius 1 is 1.04 bits per heavy atom. The lowest BCUT2D eigenvalue weighted by atomic mass is 10.2. The van der Waals surface area contributed by atoms with Gasteiger partial charge >= 0.3 is 0 Å². The third kappa shape index (κ3) is 5.95. The van der Waals surface area contributed by atoms with E-state index in [0.29, 0.717) is 21.8 Å². The van der Waals surface area contributed by atoms with Crippen LogP contribution < -0.4 is 19.7 Å². The van der Waals surface area contributed by atoms with Gasteiger partial charge in [-0.25, -0.2) is 0 Å². The van der Waals surface area contributed by atoms with Crippen LogP contribution in [0.15, 0.2) is 40.9 Å². The number of rotatable bonds is 3. The molecule has 0 radical (unpaired) electrons. The van der Waals surface area contributed by atoms with Crippen molar-refractivity contribution < 1.29 is 9.47 Å². The molecule has 0 aromatic heterocycles. The summed E-state index contributed by atoms with van der Waals surface area (Å²) in [4.78, 5) is 2.35. The van der Waals surface area contributed by atoms with Crippen molar-refractivity contribution in [2.45, 2.75) is 13.0 Å². The van der Waals surface area contributed by atoms with Crippen molar-refractivity contribution in [3.8, 4) is 11.5 Å². The van der Waals surface area contributed by atoms with E-state index in [-0.39, 0.29) is 0 Å². The van der Waals surface area contributed by atoms with Crippen LogP contribution >= 0.6 is 39.1 Å². The Morgan fingerprint density at radius 3 is 2.23 bits per heavy atom. The van der Waals surface area contributed by atoms with E-state index in [1.807, 2.05) is 30.3 Å². The van der Waals surface area contributed by atoms with E-state index in [2.05, 4.69) is 33.1 Å². The lowest BCUT2D eigenvalue weighted by Crippen LogP contribution is -2.49. The SMILES string of the molecule is COc1cc(Br)ccc1Cl.COc1cc(N2CCN[C@H](C)C2)ccc1Cl. The van der Waals surface area contributed by atoms with Gasteiger partial charge in [-0.05, 0) is 37.3 Å². The molecule has 0 aliphatic carbocycles. The number of benzene rings is 2. The summed E-state index contributed by atoms with van der Waals surface area (Å²) in [5.41, 5.74) is 1.18. The summed E-state index contributed by atoms with van der Waals surface area (Å²) in [6.45, 7) is 5.26. The zero-order chi connectivity index (χ0) is 19.1. The summed E-state index contributed by atoms with van der Waals surface area (Å²) in [6, 6.07) is 11.9. The highest BCUT2D eigenvalue weighted by atomic mass is 79.9. The van der Waals surface area contributed by atoms with Crippen molar-refractivity contribution in [1.82, 2.24) is 5.32 Å². The molecule has 2 aromatic rings. The van der Waals surface area contributed by atoms with E-state index in [0.717, 1.165) is 29.9 Å². The van der Waals surface area contributed by atoms with E-state index >= 15 is 0 Å². The van der Waals surface area contributed by atoms with Crippen LogP contribution in [0.4, 0.5) is 5.69 Å². The van der Waals surface area contributed by atoms with Gasteiger partial charge in [0.15, 0.2) is 0 Å². The van der Waals surface area contributed by atoms with Gasteiger partial charge in [-0.2, -0.15) is 0 Å². The first-order valence-electron chi connectivity index (χ1n) is 8.25. The van der Waals surface area contributed by atoms with Gasteiger partial charge in [0.05, 0.1) is 24.3 Å². The summed E-state index contributed by atoms with van der Waals surface area (Å²) >= 11 is 15.1. The summed E-state index contributed by atoms with van der Waals surface area (Å²) in [5.74, 6) is 1.43. The average molecular weight is 462 g/mol. The van der Waals surface area contributed by atoms with Crippen molar-refractivity contribution in [2.24, 2.45) is 0 Å². The van der Waals surface area contributed by atoms with Crippen LogP contribution in [0, 0.1) is 0 Å². The Balaban J connectivity index is 0.000000209. The van der Waals surface area contributed by atoms with Crippen molar-refractivity contribution in [2.75, 3.05) is 38.8 Å². The average Bonchev–Trinajstić information content (AvgIpc) is 2.64. The van der Waals surface area contributed by atoms with E-state index in [9.17, 15) is 0 Å². The van der Waals surface area contributed by atoms with Gasteiger partial charge in [0.25, 0.3) is 0 Å². The second-order valence-electron chi connectivity index (χ2n) is 5.90. The zero-order valence-corrected chi connectivity index (χ0v) is 18.2. The van der Waals surface area contributed by atoms with Gasteiger partial charge in [0, 0.05) is 41.9 Å². The van der Waals surface area contributed by atoms with Crippen LogP contribution in [-0.4, -0.2) is 39.9 Å². The second kappa shape index (κ2) is 10.3. The number of halogens is 3. The van der Waals surface area contributed by atoms with Gasteiger partial charge in [-0.1, -0.05) is 39.1 Å². The van der Waals surface area contributed by atoms with Crippen LogP contribution in [0.5, 0.6) is 11.5 Å². The fourth-order valence-corrected chi connectivity index (χ4v) is 3.38. The normalized spacial score (nSPS) is 16.5. The fraction of sp³-hybridized carbons (Fsp3) is 0.368. The highest BCUT2D eigenvalue weighted by Crippen LogP contribution is 2.30. The molecule has 4 nitrogen and oxygen atoms in total. The van der Waals surface area contributed by atoms with E-state index in [1.165, 1.54) is 5.69 Å². The van der Waals surface area contributed by atoms with Crippen molar-refractivity contribution >= 4 is 44.8 Å². The first kappa shape index (κ1) is 21.2. The smallest absolute Gasteiger partial charge is 0.139 e. The molecule has 142 valence electrons. The standard InChI is InChI=1S/C12H17ClN2O.C7H6BrClO/c1-9-8-15(6-5-14-9)10-3-4-11(13)12(7-10)16-2;1-10-7-4-5(8)2-3-6(7)9/h3-4,7,9,14H,5-6,8H2,1-2H3;2-4H,1H3/t9-;/m1./s1. The van der Waals surface area contributed by atoms with Gasteiger partial charge in [-0.15, -0.1) is 0 Å². The highest BCUT2D eigenvalue weighted by Gasteiger charge is 2.16.